The molecule has 2 fully saturated rings. The third kappa shape index (κ3) is 8.04. The monoisotopic (exact) mass is 539 g/mol. The summed E-state index contributed by atoms with van der Waals surface area (Å²) in [5.41, 5.74) is -0.383. The summed E-state index contributed by atoms with van der Waals surface area (Å²) < 4.78 is 26.9. The quantitative estimate of drug-likeness (QED) is 0.296. The van der Waals surface area contributed by atoms with Crippen molar-refractivity contribution < 1.29 is 18.7 Å². The van der Waals surface area contributed by atoms with Gasteiger partial charge < -0.3 is 25.0 Å². The lowest BCUT2D eigenvalue weighted by Gasteiger charge is -2.45. The molecule has 2 N–H and O–H groups in total. The molecule has 0 aromatic heterocycles. The lowest BCUT2D eigenvalue weighted by Crippen LogP contribution is -2.54. The Hall–Kier alpha value is -1.41. The summed E-state index contributed by atoms with van der Waals surface area (Å²) in [6.45, 7) is 2.62. The number of halogens is 2. The number of hydrogen-bond donors (Lipinski definition) is 2. The number of benzene rings is 1. The molecule has 0 radical (unpaired) electrons. The maximum Gasteiger partial charge on any atom is 0.317 e. The van der Waals surface area contributed by atoms with Crippen molar-refractivity contribution >= 4 is 17.6 Å². The number of rotatable bonds is 13. The largest absolute Gasteiger partial charge is 0.385 e. The molecule has 210 valence electrons. The summed E-state index contributed by atoms with van der Waals surface area (Å²) in [4.78, 5) is 15.4. The molecule has 1 aliphatic heterocycles. The van der Waals surface area contributed by atoms with E-state index in [1.54, 1.807) is 32.4 Å². The van der Waals surface area contributed by atoms with Gasteiger partial charge in [0.1, 0.15) is 11.4 Å². The second kappa shape index (κ2) is 15.2. The second-order valence-corrected chi connectivity index (χ2v) is 11.3. The van der Waals surface area contributed by atoms with E-state index in [0.717, 1.165) is 38.6 Å². The number of hydrogen-bond acceptors (Lipinski definition) is 4. The molecule has 0 bridgehead atoms. The number of carbonyl (C=O) groups is 1. The van der Waals surface area contributed by atoms with Crippen LogP contribution in [-0.4, -0.2) is 64.5 Å². The molecule has 1 saturated heterocycles. The van der Waals surface area contributed by atoms with Crippen LogP contribution in [0, 0.1) is 17.7 Å². The van der Waals surface area contributed by atoms with Gasteiger partial charge in [0, 0.05) is 58.0 Å². The topological polar surface area (TPSA) is 62.8 Å². The molecular formula is C29H47ClFN3O3. The number of unbranched alkanes of at least 4 members (excludes halogenated alkanes) is 1. The summed E-state index contributed by atoms with van der Waals surface area (Å²) in [7, 11) is 5.28. The Morgan fingerprint density at radius 2 is 1.97 bits per heavy atom. The van der Waals surface area contributed by atoms with E-state index >= 15 is 4.39 Å². The van der Waals surface area contributed by atoms with Gasteiger partial charge in [-0.15, -0.1) is 0 Å². The van der Waals surface area contributed by atoms with E-state index in [1.165, 1.54) is 32.1 Å². The van der Waals surface area contributed by atoms with Crippen LogP contribution < -0.4 is 10.6 Å². The van der Waals surface area contributed by atoms with Crippen molar-refractivity contribution in [1.29, 1.82) is 0 Å². The zero-order valence-corrected chi connectivity index (χ0v) is 23.8. The number of urea groups is 1. The van der Waals surface area contributed by atoms with E-state index in [1.807, 2.05) is 11.9 Å². The lowest BCUT2D eigenvalue weighted by molar-refractivity contribution is -0.0916. The molecule has 2 aliphatic rings. The molecule has 1 aromatic carbocycles. The smallest absolute Gasteiger partial charge is 0.317 e. The van der Waals surface area contributed by atoms with Crippen LogP contribution in [0.25, 0.3) is 0 Å². The summed E-state index contributed by atoms with van der Waals surface area (Å²) >= 11 is 6.21. The molecule has 3 rings (SSSR count). The van der Waals surface area contributed by atoms with Gasteiger partial charge in [-0.05, 0) is 57.6 Å². The Kier molecular flexibility index (Phi) is 12.4. The van der Waals surface area contributed by atoms with Gasteiger partial charge in [-0.3, -0.25) is 0 Å². The van der Waals surface area contributed by atoms with Crippen molar-refractivity contribution in [3.63, 3.8) is 0 Å². The predicted octanol–water partition coefficient (Wildman–Crippen LogP) is 6.12. The van der Waals surface area contributed by atoms with Crippen LogP contribution >= 0.6 is 11.6 Å². The molecule has 2 amide bonds. The third-order valence-corrected chi connectivity index (χ3v) is 8.70. The van der Waals surface area contributed by atoms with E-state index in [9.17, 15) is 4.79 Å². The molecule has 1 aliphatic carbocycles. The van der Waals surface area contributed by atoms with Crippen LogP contribution in [0.1, 0.15) is 76.2 Å². The molecule has 6 nitrogen and oxygen atoms in total. The van der Waals surface area contributed by atoms with Gasteiger partial charge in [0.2, 0.25) is 0 Å². The molecule has 2 unspecified atom stereocenters. The van der Waals surface area contributed by atoms with Gasteiger partial charge in [0.15, 0.2) is 0 Å². The average molecular weight is 540 g/mol. The number of likely N-dealkylation sites (tertiary alicyclic amines) is 1. The van der Waals surface area contributed by atoms with Crippen molar-refractivity contribution in [3.8, 4) is 0 Å². The summed E-state index contributed by atoms with van der Waals surface area (Å²) in [5, 5.41) is 6.67. The first-order chi connectivity index (χ1) is 17.9. The van der Waals surface area contributed by atoms with E-state index < -0.39 is 11.4 Å². The highest BCUT2D eigenvalue weighted by atomic mass is 35.5. The first-order valence-corrected chi connectivity index (χ1v) is 14.5. The molecule has 1 heterocycles. The predicted molar refractivity (Wildman–Crippen MR) is 148 cm³/mol. The van der Waals surface area contributed by atoms with Crippen molar-refractivity contribution in [2.45, 2.75) is 82.3 Å². The van der Waals surface area contributed by atoms with E-state index in [2.05, 4.69) is 10.6 Å². The van der Waals surface area contributed by atoms with Crippen molar-refractivity contribution in [3.05, 3.63) is 34.6 Å². The first-order valence-electron chi connectivity index (χ1n) is 14.1. The third-order valence-electron chi connectivity index (χ3n) is 8.41. The fourth-order valence-electron chi connectivity index (χ4n) is 6.48. The molecule has 1 aromatic rings. The fraction of sp³-hybridized carbons (Fsp3) is 0.759. The minimum absolute atomic E-state index is 0.0308. The van der Waals surface area contributed by atoms with Crippen LogP contribution in [0.5, 0.6) is 0 Å². The Labute approximate surface area is 228 Å². The van der Waals surface area contributed by atoms with Crippen LogP contribution in [0.15, 0.2) is 18.2 Å². The highest BCUT2D eigenvalue weighted by Crippen LogP contribution is 2.44. The number of likely N-dealkylation sites (N-methyl/N-ethyl adjacent to an activating group) is 1. The number of methoxy groups -OCH3 is 2. The Morgan fingerprint density at radius 3 is 2.68 bits per heavy atom. The fourth-order valence-corrected chi connectivity index (χ4v) is 6.65. The number of nitrogens with one attached hydrogen (secondary N) is 2. The van der Waals surface area contributed by atoms with Crippen molar-refractivity contribution in [1.82, 2.24) is 15.5 Å². The number of amides is 2. The van der Waals surface area contributed by atoms with E-state index in [0.29, 0.717) is 37.6 Å². The molecule has 1 saturated carbocycles. The second-order valence-electron chi connectivity index (χ2n) is 10.9. The Morgan fingerprint density at radius 1 is 1.19 bits per heavy atom. The number of carbonyl (C=O) groups excluding carboxylic acids is 1. The van der Waals surface area contributed by atoms with Gasteiger partial charge in [0.25, 0.3) is 0 Å². The molecule has 8 heteroatoms. The minimum atomic E-state index is -0.867. The standard InChI is InChI=1S/C29H47ClFN3O3/c1-32-20-24(19-22-11-5-4-6-12-22)33-28(35)34-17-10-13-23(21-34)29(37-3,16-7-8-18-36-2)25-14-9-15-26(30)27(25)31/h9,14-15,22-24,32H,4-8,10-13,16-21H2,1-3H3,(H,33,35)/t23?,24?,29-/m0/s1. The van der Waals surface area contributed by atoms with E-state index in [-0.39, 0.29) is 23.0 Å². The minimum Gasteiger partial charge on any atom is -0.385 e. The maximum atomic E-state index is 15.4. The van der Waals surface area contributed by atoms with Crippen molar-refractivity contribution in [2.75, 3.05) is 47.5 Å². The maximum absolute atomic E-state index is 15.4. The molecule has 0 spiro atoms. The highest BCUT2D eigenvalue weighted by molar-refractivity contribution is 6.30. The van der Waals surface area contributed by atoms with Gasteiger partial charge in [-0.2, -0.15) is 0 Å². The molecule has 3 atom stereocenters. The Balaban J connectivity index is 1.76. The van der Waals surface area contributed by atoms with E-state index in [4.69, 9.17) is 21.1 Å². The van der Waals surface area contributed by atoms with Crippen LogP contribution in [-0.2, 0) is 15.1 Å². The summed E-state index contributed by atoms with van der Waals surface area (Å²) in [5.74, 6) is 0.204. The molecule has 37 heavy (non-hydrogen) atoms. The SMILES string of the molecule is CNCC(CC1CCCCC1)NC(=O)N1CCCC([C@](CCCCOC)(OC)c2cccc(Cl)c2F)C1. The number of piperidine rings is 1. The van der Waals surface area contributed by atoms with Crippen LogP contribution in [0.2, 0.25) is 5.02 Å². The van der Waals surface area contributed by atoms with Gasteiger partial charge in [0.05, 0.1) is 5.02 Å². The highest BCUT2D eigenvalue weighted by Gasteiger charge is 2.45. The average Bonchev–Trinajstić information content (AvgIpc) is 2.92. The Bertz CT molecular complexity index is 839. The normalized spacial score (nSPS) is 21.4. The van der Waals surface area contributed by atoms with Crippen LogP contribution in [0.4, 0.5) is 9.18 Å². The summed E-state index contributed by atoms with van der Waals surface area (Å²) in [6.07, 6.45) is 11.5. The number of ether oxygens (including phenoxy) is 2. The van der Waals surface area contributed by atoms with Crippen molar-refractivity contribution in [2.24, 2.45) is 11.8 Å². The zero-order valence-electron chi connectivity index (χ0n) is 23.0. The van der Waals surface area contributed by atoms with Gasteiger partial charge >= 0.3 is 6.03 Å². The lowest BCUT2D eigenvalue weighted by atomic mass is 9.73. The van der Waals surface area contributed by atoms with Gasteiger partial charge in [-0.1, -0.05) is 55.8 Å². The van der Waals surface area contributed by atoms with Crippen LogP contribution in [0.3, 0.4) is 0 Å². The first kappa shape index (κ1) is 30.1. The zero-order chi connectivity index (χ0) is 26.7. The number of nitrogens with zero attached hydrogens (tertiary/aromatic N) is 1. The molecular weight excluding hydrogens is 493 g/mol. The summed E-state index contributed by atoms with van der Waals surface area (Å²) in [6, 6.07) is 5.21. The van der Waals surface area contributed by atoms with Gasteiger partial charge in [-0.25, -0.2) is 9.18 Å².